The van der Waals surface area contributed by atoms with Gasteiger partial charge in [0.2, 0.25) is 0 Å². The van der Waals surface area contributed by atoms with Crippen LogP contribution >= 0.6 is 23.2 Å². The molecule has 0 aromatic carbocycles. The Morgan fingerprint density at radius 3 is 2.64 bits per heavy atom. The molecule has 0 unspecified atom stereocenters. The minimum Gasteiger partial charge on any atom is -0.276 e. The molecule has 0 atom stereocenters. The van der Waals surface area contributed by atoms with Crippen LogP contribution in [-0.2, 0) is 6.42 Å². The van der Waals surface area contributed by atoms with E-state index >= 15 is 0 Å². The Hall–Kier alpha value is -0.600. The topological polar surface area (TPSA) is 30.0 Å². The third-order valence-electron chi connectivity index (χ3n) is 1.69. The van der Waals surface area contributed by atoms with Gasteiger partial charge >= 0.3 is 0 Å². The fraction of sp³-hybridized carbons (Fsp3) is 0.400. The highest BCUT2D eigenvalue weighted by molar-refractivity contribution is 6.67. The van der Waals surface area contributed by atoms with Gasteiger partial charge in [-0.1, -0.05) is 25.4 Å². The van der Waals surface area contributed by atoms with Crippen LogP contribution in [0.1, 0.15) is 29.9 Å². The van der Waals surface area contributed by atoms with Crippen molar-refractivity contribution in [3.05, 3.63) is 28.5 Å². The largest absolute Gasteiger partial charge is 0.276 e. The van der Waals surface area contributed by atoms with Crippen molar-refractivity contribution in [1.82, 2.24) is 4.98 Å². The third kappa shape index (κ3) is 3.28. The lowest BCUT2D eigenvalue weighted by Gasteiger charge is -2.05. The molecule has 1 aromatic rings. The summed E-state index contributed by atoms with van der Waals surface area (Å²) >= 11 is 11.1. The average molecular weight is 232 g/mol. The molecule has 0 fully saturated rings. The van der Waals surface area contributed by atoms with Crippen LogP contribution < -0.4 is 0 Å². The van der Waals surface area contributed by atoms with Crippen LogP contribution in [0.3, 0.4) is 0 Å². The SMILES string of the molecule is CC(C)Cc1cc(C(=O)Cl)cc(Cl)n1. The standard InChI is InChI=1S/C10H11Cl2NO/c1-6(2)3-8-4-7(10(12)14)5-9(11)13-8/h4-6H,3H2,1-2H3. The van der Waals surface area contributed by atoms with Crippen molar-refractivity contribution < 1.29 is 4.79 Å². The van der Waals surface area contributed by atoms with E-state index in [2.05, 4.69) is 18.8 Å². The predicted molar refractivity (Wildman–Crippen MR) is 58.0 cm³/mol. The van der Waals surface area contributed by atoms with Gasteiger partial charge in [0.1, 0.15) is 5.15 Å². The van der Waals surface area contributed by atoms with Crippen LogP contribution in [0.5, 0.6) is 0 Å². The molecule has 14 heavy (non-hydrogen) atoms. The Bertz CT molecular complexity index is 350. The second-order valence-corrected chi connectivity index (χ2v) is 4.27. The zero-order valence-electron chi connectivity index (χ0n) is 8.05. The molecule has 0 radical (unpaired) electrons. The quantitative estimate of drug-likeness (QED) is 0.591. The Kier molecular flexibility index (Phi) is 3.90. The van der Waals surface area contributed by atoms with E-state index in [9.17, 15) is 4.79 Å². The first-order chi connectivity index (χ1) is 6.49. The number of halogens is 2. The monoisotopic (exact) mass is 231 g/mol. The molecule has 0 N–H and O–H groups in total. The summed E-state index contributed by atoms with van der Waals surface area (Å²) < 4.78 is 0. The molecule has 0 aliphatic rings. The summed E-state index contributed by atoms with van der Waals surface area (Å²) in [7, 11) is 0. The Labute approximate surface area is 93.2 Å². The zero-order valence-corrected chi connectivity index (χ0v) is 9.56. The van der Waals surface area contributed by atoms with Crippen LogP contribution in [-0.4, -0.2) is 10.2 Å². The van der Waals surface area contributed by atoms with Gasteiger partial charge in [-0.15, -0.1) is 0 Å². The highest BCUT2D eigenvalue weighted by atomic mass is 35.5. The molecule has 1 rings (SSSR count). The molecule has 2 nitrogen and oxygen atoms in total. The second kappa shape index (κ2) is 4.76. The van der Waals surface area contributed by atoms with E-state index in [1.54, 1.807) is 6.07 Å². The summed E-state index contributed by atoms with van der Waals surface area (Å²) in [6.07, 6.45) is 0.789. The van der Waals surface area contributed by atoms with E-state index in [0.29, 0.717) is 16.6 Å². The van der Waals surface area contributed by atoms with E-state index in [0.717, 1.165) is 12.1 Å². The summed E-state index contributed by atoms with van der Waals surface area (Å²) in [5, 5.41) is -0.188. The molecule has 0 spiro atoms. The van der Waals surface area contributed by atoms with Gasteiger partial charge in [0.05, 0.1) is 0 Å². The number of aromatic nitrogens is 1. The van der Waals surface area contributed by atoms with Crippen LogP contribution in [0.15, 0.2) is 12.1 Å². The number of hydrogen-bond donors (Lipinski definition) is 0. The molecule has 0 saturated heterocycles. The molecule has 1 heterocycles. The highest BCUT2D eigenvalue weighted by Crippen LogP contribution is 2.15. The van der Waals surface area contributed by atoms with E-state index < -0.39 is 5.24 Å². The van der Waals surface area contributed by atoms with Crippen LogP contribution in [0, 0.1) is 5.92 Å². The summed E-state index contributed by atoms with van der Waals surface area (Å²) in [5.41, 5.74) is 1.21. The fourth-order valence-corrected chi connectivity index (χ4v) is 1.52. The molecule has 0 amide bonds. The van der Waals surface area contributed by atoms with E-state index in [1.165, 1.54) is 6.07 Å². The molecular weight excluding hydrogens is 221 g/mol. The average Bonchev–Trinajstić information content (AvgIpc) is 2.01. The van der Waals surface area contributed by atoms with E-state index in [-0.39, 0.29) is 0 Å². The van der Waals surface area contributed by atoms with Crippen molar-refractivity contribution in [2.75, 3.05) is 0 Å². The fourth-order valence-electron chi connectivity index (χ4n) is 1.19. The zero-order chi connectivity index (χ0) is 10.7. The molecule has 0 aliphatic heterocycles. The maximum absolute atomic E-state index is 10.9. The lowest BCUT2D eigenvalue weighted by atomic mass is 10.1. The van der Waals surface area contributed by atoms with Gasteiger partial charge in [-0.3, -0.25) is 4.79 Å². The first kappa shape index (κ1) is 11.5. The number of carbonyl (C=O) groups excluding carboxylic acids is 1. The number of hydrogen-bond acceptors (Lipinski definition) is 2. The van der Waals surface area contributed by atoms with Crippen molar-refractivity contribution in [2.24, 2.45) is 5.92 Å². The number of rotatable bonds is 3. The number of nitrogens with zero attached hydrogens (tertiary/aromatic N) is 1. The van der Waals surface area contributed by atoms with Gasteiger partial charge < -0.3 is 0 Å². The lowest BCUT2D eigenvalue weighted by molar-refractivity contribution is 0.108. The summed E-state index contributed by atoms with van der Waals surface area (Å²) in [6, 6.07) is 3.15. The molecule has 1 aromatic heterocycles. The van der Waals surface area contributed by atoms with Crippen molar-refractivity contribution in [2.45, 2.75) is 20.3 Å². The van der Waals surface area contributed by atoms with Gasteiger partial charge in [-0.2, -0.15) is 0 Å². The minimum atomic E-state index is -0.501. The predicted octanol–water partition coefficient (Wildman–Crippen LogP) is 3.31. The first-order valence-corrected chi connectivity index (χ1v) is 5.11. The number of pyridine rings is 1. The summed E-state index contributed by atoms with van der Waals surface area (Å²) in [4.78, 5) is 15.0. The van der Waals surface area contributed by atoms with E-state index in [1.807, 2.05) is 0 Å². The molecular formula is C10H11Cl2NO. The second-order valence-electron chi connectivity index (χ2n) is 3.54. The normalized spacial score (nSPS) is 10.6. The molecule has 0 bridgehead atoms. The smallest absolute Gasteiger partial charge is 0.252 e. The Morgan fingerprint density at radius 2 is 2.14 bits per heavy atom. The van der Waals surface area contributed by atoms with Gasteiger partial charge in [-0.25, -0.2) is 4.98 Å². The molecule has 76 valence electrons. The summed E-state index contributed by atoms with van der Waals surface area (Å²) in [6.45, 7) is 4.15. The lowest BCUT2D eigenvalue weighted by Crippen LogP contribution is -2.00. The maximum atomic E-state index is 10.9. The maximum Gasteiger partial charge on any atom is 0.252 e. The third-order valence-corrected chi connectivity index (χ3v) is 2.10. The van der Waals surface area contributed by atoms with Crippen molar-refractivity contribution in [1.29, 1.82) is 0 Å². The van der Waals surface area contributed by atoms with Crippen LogP contribution in [0.25, 0.3) is 0 Å². The Morgan fingerprint density at radius 1 is 1.50 bits per heavy atom. The van der Waals surface area contributed by atoms with Crippen molar-refractivity contribution in [3.8, 4) is 0 Å². The molecule has 4 heteroatoms. The Balaban J connectivity index is 3.01. The van der Waals surface area contributed by atoms with Crippen molar-refractivity contribution >= 4 is 28.4 Å². The van der Waals surface area contributed by atoms with Crippen LogP contribution in [0.4, 0.5) is 0 Å². The van der Waals surface area contributed by atoms with Gasteiger partial charge in [0.25, 0.3) is 5.24 Å². The molecule has 0 aliphatic carbocycles. The minimum absolute atomic E-state index is 0.312. The highest BCUT2D eigenvalue weighted by Gasteiger charge is 2.07. The first-order valence-electron chi connectivity index (χ1n) is 4.35. The summed E-state index contributed by atoms with van der Waals surface area (Å²) in [5.74, 6) is 0.472. The van der Waals surface area contributed by atoms with Crippen LogP contribution in [0.2, 0.25) is 5.15 Å². The van der Waals surface area contributed by atoms with E-state index in [4.69, 9.17) is 23.2 Å². The molecule has 0 saturated carbocycles. The number of carbonyl (C=O) groups is 1. The van der Waals surface area contributed by atoms with Crippen molar-refractivity contribution in [3.63, 3.8) is 0 Å². The van der Waals surface area contributed by atoms with Gasteiger partial charge in [0, 0.05) is 11.3 Å². The van der Waals surface area contributed by atoms with Gasteiger partial charge in [0.15, 0.2) is 0 Å². The van der Waals surface area contributed by atoms with Gasteiger partial charge in [-0.05, 0) is 36.1 Å².